The molecule has 2 rings (SSSR count). The third-order valence-electron chi connectivity index (χ3n) is 3.40. The van der Waals surface area contributed by atoms with Crippen molar-refractivity contribution in [3.05, 3.63) is 34.9 Å². The highest BCUT2D eigenvalue weighted by Gasteiger charge is 2.30. The van der Waals surface area contributed by atoms with Gasteiger partial charge in [0.15, 0.2) is 0 Å². The summed E-state index contributed by atoms with van der Waals surface area (Å²) in [5.41, 5.74) is 0.859. The SMILES string of the molecule is O=C(Cc1cccc(Cl)c1)N[C@@H]1CC[C@@H](C(=O)O)C1. The fraction of sp³-hybridized carbons (Fsp3) is 0.429. The number of hydrogen-bond donors (Lipinski definition) is 2. The van der Waals surface area contributed by atoms with Crippen LogP contribution in [0.25, 0.3) is 0 Å². The molecule has 4 nitrogen and oxygen atoms in total. The van der Waals surface area contributed by atoms with Gasteiger partial charge in [0.05, 0.1) is 12.3 Å². The Morgan fingerprint density at radius 3 is 2.79 bits per heavy atom. The maximum atomic E-state index is 11.9. The molecule has 1 fully saturated rings. The van der Waals surface area contributed by atoms with Crippen LogP contribution in [0, 0.1) is 5.92 Å². The Morgan fingerprint density at radius 1 is 1.37 bits per heavy atom. The Kier molecular flexibility index (Phi) is 4.43. The molecule has 2 atom stereocenters. The highest BCUT2D eigenvalue weighted by molar-refractivity contribution is 6.30. The van der Waals surface area contributed by atoms with Gasteiger partial charge in [0.2, 0.25) is 5.91 Å². The van der Waals surface area contributed by atoms with Crippen LogP contribution in [-0.2, 0) is 16.0 Å². The van der Waals surface area contributed by atoms with E-state index in [2.05, 4.69) is 5.32 Å². The van der Waals surface area contributed by atoms with E-state index >= 15 is 0 Å². The van der Waals surface area contributed by atoms with Crippen LogP contribution in [0.5, 0.6) is 0 Å². The predicted octanol–water partition coefficient (Wildman–Crippen LogP) is 2.25. The van der Waals surface area contributed by atoms with E-state index in [4.69, 9.17) is 16.7 Å². The minimum Gasteiger partial charge on any atom is -0.481 e. The Morgan fingerprint density at radius 2 is 2.16 bits per heavy atom. The molecule has 0 unspecified atom stereocenters. The zero-order valence-corrected chi connectivity index (χ0v) is 11.2. The van der Waals surface area contributed by atoms with Crippen molar-refractivity contribution in [3.63, 3.8) is 0 Å². The molecule has 0 saturated heterocycles. The zero-order chi connectivity index (χ0) is 13.8. The van der Waals surface area contributed by atoms with E-state index in [0.717, 1.165) is 12.0 Å². The van der Waals surface area contributed by atoms with Gasteiger partial charge in [0.1, 0.15) is 0 Å². The van der Waals surface area contributed by atoms with Crippen molar-refractivity contribution in [3.8, 4) is 0 Å². The number of hydrogen-bond acceptors (Lipinski definition) is 2. The molecule has 102 valence electrons. The summed E-state index contributed by atoms with van der Waals surface area (Å²) >= 11 is 5.86. The van der Waals surface area contributed by atoms with Crippen LogP contribution in [0.1, 0.15) is 24.8 Å². The minimum atomic E-state index is -0.772. The lowest BCUT2D eigenvalue weighted by molar-refractivity contribution is -0.141. The molecule has 0 spiro atoms. The lowest BCUT2D eigenvalue weighted by Gasteiger charge is -2.12. The quantitative estimate of drug-likeness (QED) is 0.889. The van der Waals surface area contributed by atoms with Crippen molar-refractivity contribution in [1.29, 1.82) is 0 Å². The third-order valence-corrected chi connectivity index (χ3v) is 3.64. The lowest BCUT2D eigenvalue weighted by atomic mass is 10.1. The summed E-state index contributed by atoms with van der Waals surface area (Å²) in [6.45, 7) is 0. The van der Waals surface area contributed by atoms with Gasteiger partial charge in [-0.1, -0.05) is 23.7 Å². The number of nitrogens with one attached hydrogen (secondary N) is 1. The van der Waals surface area contributed by atoms with Gasteiger partial charge < -0.3 is 10.4 Å². The summed E-state index contributed by atoms with van der Waals surface area (Å²) in [6, 6.07) is 7.15. The van der Waals surface area contributed by atoms with E-state index in [1.165, 1.54) is 0 Å². The number of halogens is 1. The number of aliphatic carboxylic acids is 1. The van der Waals surface area contributed by atoms with Gasteiger partial charge >= 0.3 is 5.97 Å². The Labute approximate surface area is 116 Å². The fourth-order valence-corrected chi connectivity index (χ4v) is 2.66. The molecule has 5 heteroatoms. The molecular formula is C14H16ClNO3. The number of carbonyl (C=O) groups excluding carboxylic acids is 1. The smallest absolute Gasteiger partial charge is 0.306 e. The number of amides is 1. The second kappa shape index (κ2) is 6.06. The Balaban J connectivity index is 1.84. The molecule has 2 N–H and O–H groups in total. The molecule has 1 aliphatic rings. The standard InChI is InChI=1S/C14H16ClNO3/c15-11-3-1-2-9(6-11)7-13(17)16-12-5-4-10(8-12)14(18)19/h1-3,6,10,12H,4-5,7-8H2,(H,16,17)(H,18,19)/t10-,12-/m1/s1. The topological polar surface area (TPSA) is 66.4 Å². The van der Waals surface area contributed by atoms with Crippen molar-refractivity contribution in [2.24, 2.45) is 5.92 Å². The second-order valence-corrected chi connectivity index (χ2v) is 5.36. The molecule has 0 bridgehead atoms. The van der Waals surface area contributed by atoms with Gasteiger partial charge in [-0.25, -0.2) is 0 Å². The van der Waals surface area contributed by atoms with Crippen LogP contribution in [0.15, 0.2) is 24.3 Å². The number of carboxylic acid groups (broad SMARTS) is 1. The first-order chi connectivity index (χ1) is 9.04. The van der Waals surface area contributed by atoms with Gasteiger partial charge in [-0.3, -0.25) is 9.59 Å². The van der Waals surface area contributed by atoms with E-state index < -0.39 is 5.97 Å². The first-order valence-electron chi connectivity index (χ1n) is 6.31. The van der Waals surface area contributed by atoms with Crippen molar-refractivity contribution in [2.45, 2.75) is 31.7 Å². The molecule has 1 saturated carbocycles. The van der Waals surface area contributed by atoms with Crippen LogP contribution in [0.2, 0.25) is 5.02 Å². The normalized spacial score (nSPS) is 22.2. The van der Waals surface area contributed by atoms with Crippen LogP contribution in [0.4, 0.5) is 0 Å². The summed E-state index contributed by atoms with van der Waals surface area (Å²) in [4.78, 5) is 22.7. The Hall–Kier alpha value is -1.55. The van der Waals surface area contributed by atoms with Crippen LogP contribution < -0.4 is 5.32 Å². The van der Waals surface area contributed by atoms with Gasteiger partial charge in [0, 0.05) is 11.1 Å². The zero-order valence-electron chi connectivity index (χ0n) is 10.4. The van der Waals surface area contributed by atoms with E-state index in [1.54, 1.807) is 18.2 Å². The number of carbonyl (C=O) groups is 2. The summed E-state index contributed by atoms with van der Waals surface area (Å²) in [5.74, 6) is -1.18. The van der Waals surface area contributed by atoms with E-state index in [9.17, 15) is 9.59 Å². The summed E-state index contributed by atoms with van der Waals surface area (Å²) in [7, 11) is 0. The van der Waals surface area contributed by atoms with Crippen molar-refractivity contribution >= 4 is 23.5 Å². The predicted molar refractivity (Wildman–Crippen MR) is 72.1 cm³/mol. The second-order valence-electron chi connectivity index (χ2n) is 4.92. The summed E-state index contributed by atoms with van der Waals surface area (Å²) in [6.07, 6.45) is 2.17. The van der Waals surface area contributed by atoms with E-state index in [-0.39, 0.29) is 24.3 Å². The van der Waals surface area contributed by atoms with Crippen molar-refractivity contribution in [2.75, 3.05) is 0 Å². The Bertz CT molecular complexity index is 489. The maximum absolute atomic E-state index is 11.9. The van der Waals surface area contributed by atoms with Gasteiger partial charge in [-0.15, -0.1) is 0 Å². The third kappa shape index (κ3) is 3.96. The van der Waals surface area contributed by atoms with Crippen molar-refractivity contribution < 1.29 is 14.7 Å². The first kappa shape index (κ1) is 13.9. The maximum Gasteiger partial charge on any atom is 0.306 e. The number of benzene rings is 1. The average Bonchev–Trinajstić information content (AvgIpc) is 2.77. The molecule has 19 heavy (non-hydrogen) atoms. The summed E-state index contributed by atoms with van der Waals surface area (Å²) in [5, 5.41) is 12.4. The van der Waals surface area contributed by atoms with Crippen molar-refractivity contribution in [1.82, 2.24) is 5.32 Å². The highest BCUT2D eigenvalue weighted by atomic mass is 35.5. The van der Waals surface area contributed by atoms with Crippen LogP contribution >= 0.6 is 11.6 Å². The highest BCUT2D eigenvalue weighted by Crippen LogP contribution is 2.25. The fourth-order valence-electron chi connectivity index (χ4n) is 2.45. The summed E-state index contributed by atoms with van der Waals surface area (Å²) < 4.78 is 0. The van der Waals surface area contributed by atoms with Crippen LogP contribution in [0.3, 0.4) is 0 Å². The molecule has 1 amide bonds. The minimum absolute atomic E-state index is 0.0206. The molecule has 1 aliphatic carbocycles. The molecule has 0 aliphatic heterocycles. The van der Waals surface area contributed by atoms with E-state index in [0.29, 0.717) is 17.9 Å². The van der Waals surface area contributed by atoms with E-state index in [1.807, 2.05) is 6.07 Å². The number of carboxylic acids is 1. The van der Waals surface area contributed by atoms with Crippen LogP contribution in [-0.4, -0.2) is 23.0 Å². The molecule has 0 aromatic heterocycles. The molecule has 1 aromatic rings. The molecule has 0 heterocycles. The first-order valence-corrected chi connectivity index (χ1v) is 6.69. The van der Waals surface area contributed by atoms with Gasteiger partial charge in [-0.05, 0) is 37.0 Å². The molecule has 1 aromatic carbocycles. The average molecular weight is 282 g/mol. The largest absolute Gasteiger partial charge is 0.481 e. The molecular weight excluding hydrogens is 266 g/mol. The molecule has 0 radical (unpaired) electrons. The van der Waals surface area contributed by atoms with Gasteiger partial charge in [-0.2, -0.15) is 0 Å². The lowest BCUT2D eigenvalue weighted by Crippen LogP contribution is -2.34. The number of rotatable bonds is 4. The van der Waals surface area contributed by atoms with Gasteiger partial charge in [0.25, 0.3) is 0 Å². The monoisotopic (exact) mass is 281 g/mol.